The maximum atomic E-state index is 12.9. The highest BCUT2D eigenvalue weighted by Gasteiger charge is 2.28. The van der Waals surface area contributed by atoms with E-state index in [0.29, 0.717) is 37.7 Å². The summed E-state index contributed by atoms with van der Waals surface area (Å²) < 4.78 is 43.1. The minimum atomic E-state index is -3.72. The van der Waals surface area contributed by atoms with Crippen molar-refractivity contribution in [1.29, 1.82) is 0 Å². The minimum absolute atomic E-state index is 0.0490. The van der Waals surface area contributed by atoms with Crippen molar-refractivity contribution in [2.75, 3.05) is 46.6 Å². The third-order valence-electron chi connectivity index (χ3n) is 4.97. The molecule has 8 nitrogen and oxygen atoms in total. The molecule has 1 heterocycles. The highest BCUT2D eigenvalue weighted by molar-refractivity contribution is 7.89. The molecule has 0 atom stereocenters. The van der Waals surface area contributed by atoms with Gasteiger partial charge in [-0.3, -0.25) is 4.79 Å². The van der Waals surface area contributed by atoms with Gasteiger partial charge >= 0.3 is 0 Å². The van der Waals surface area contributed by atoms with Crippen molar-refractivity contribution in [3.63, 3.8) is 0 Å². The van der Waals surface area contributed by atoms with Crippen LogP contribution in [-0.4, -0.2) is 65.2 Å². The van der Waals surface area contributed by atoms with Crippen LogP contribution in [0.1, 0.15) is 15.9 Å². The van der Waals surface area contributed by atoms with Gasteiger partial charge in [0.2, 0.25) is 10.0 Å². The molecule has 1 N–H and O–H groups in total. The zero-order valence-corrected chi connectivity index (χ0v) is 18.7. The number of methoxy groups -OCH3 is 1. The van der Waals surface area contributed by atoms with Gasteiger partial charge in [0.15, 0.2) is 0 Å². The zero-order chi connectivity index (χ0) is 23.0. The number of nitrogens with zero attached hydrogens (tertiary/aromatic N) is 1. The van der Waals surface area contributed by atoms with Crippen LogP contribution in [0.3, 0.4) is 0 Å². The summed E-state index contributed by atoms with van der Waals surface area (Å²) in [5, 5.41) is 2.82. The summed E-state index contributed by atoms with van der Waals surface area (Å²) in [4.78, 5) is 12.8. The number of sulfonamides is 1. The van der Waals surface area contributed by atoms with Gasteiger partial charge < -0.3 is 19.5 Å². The van der Waals surface area contributed by atoms with Crippen LogP contribution in [0.25, 0.3) is 0 Å². The molecular weight excluding hydrogens is 432 g/mol. The Kier molecular flexibility index (Phi) is 8.11. The van der Waals surface area contributed by atoms with Crippen molar-refractivity contribution in [2.45, 2.75) is 11.3 Å². The Morgan fingerprint density at radius 2 is 1.91 bits per heavy atom. The predicted molar refractivity (Wildman–Crippen MR) is 119 cm³/mol. The highest BCUT2D eigenvalue weighted by Crippen LogP contribution is 2.25. The normalized spacial score (nSPS) is 14.4. The Morgan fingerprint density at radius 1 is 1.19 bits per heavy atom. The van der Waals surface area contributed by atoms with Crippen LogP contribution in [0.5, 0.6) is 11.5 Å². The molecule has 3 rings (SSSR count). The summed E-state index contributed by atoms with van der Waals surface area (Å²) in [6.07, 6.45) is 5.77. The van der Waals surface area contributed by atoms with Crippen LogP contribution < -0.4 is 14.8 Å². The van der Waals surface area contributed by atoms with Crippen LogP contribution in [0, 0.1) is 12.3 Å². The topological polar surface area (TPSA) is 94.2 Å². The lowest BCUT2D eigenvalue weighted by Crippen LogP contribution is -2.40. The van der Waals surface area contributed by atoms with Crippen molar-refractivity contribution in [2.24, 2.45) is 0 Å². The molecule has 0 radical (unpaired) electrons. The van der Waals surface area contributed by atoms with Gasteiger partial charge in [0.05, 0.1) is 30.8 Å². The number of rotatable bonds is 9. The molecule has 9 heteroatoms. The average Bonchev–Trinajstić information content (AvgIpc) is 2.83. The van der Waals surface area contributed by atoms with E-state index in [1.54, 1.807) is 0 Å². The van der Waals surface area contributed by atoms with Gasteiger partial charge in [-0.15, -0.1) is 6.42 Å². The fourth-order valence-corrected chi connectivity index (χ4v) is 4.69. The summed E-state index contributed by atoms with van der Waals surface area (Å²) in [7, 11) is -2.29. The predicted octanol–water partition coefficient (Wildman–Crippen LogP) is 1.70. The van der Waals surface area contributed by atoms with E-state index < -0.39 is 15.9 Å². The standard InChI is InChI=1S/C23H26N2O6S/c1-3-14-31-19-6-4-18(5-7-19)10-11-24-23(26)21-17-20(8-9-22(21)29-2)32(27,28)25-12-15-30-16-13-25/h1,4-9,17H,10-16H2,2H3,(H,24,26). The number of carbonyl (C=O) groups excluding carboxylic acids is 1. The largest absolute Gasteiger partial charge is 0.496 e. The zero-order valence-electron chi connectivity index (χ0n) is 17.9. The van der Waals surface area contributed by atoms with E-state index >= 15 is 0 Å². The highest BCUT2D eigenvalue weighted by atomic mass is 32.2. The Labute approximate surface area is 188 Å². The molecule has 0 spiro atoms. The number of morpholine rings is 1. The number of carbonyl (C=O) groups is 1. The van der Waals surface area contributed by atoms with Gasteiger partial charge in [-0.2, -0.15) is 4.31 Å². The van der Waals surface area contributed by atoms with Crippen LogP contribution >= 0.6 is 0 Å². The first-order valence-electron chi connectivity index (χ1n) is 10.1. The summed E-state index contributed by atoms with van der Waals surface area (Å²) >= 11 is 0. The second kappa shape index (κ2) is 11.0. The monoisotopic (exact) mass is 458 g/mol. The number of benzene rings is 2. The summed E-state index contributed by atoms with van der Waals surface area (Å²) in [6, 6.07) is 11.7. The first-order chi connectivity index (χ1) is 15.5. The van der Waals surface area contributed by atoms with E-state index in [1.165, 1.54) is 29.6 Å². The Balaban J connectivity index is 1.66. The number of amides is 1. The molecule has 0 bridgehead atoms. The molecule has 1 aliphatic rings. The fourth-order valence-electron chi connectivity index (χ4n) is 3.25. The van der Waals surface area contributed by atoms with Gasteiger partial charge in [0.25, 0.3) is 5.91 Å². The van der Waals surface area contributed by atoms with E-state index in [-0.39, 0.29) is 30.2 Å². The number of ether oxygens (including phenoxy) is 3. The van der Waals surface area contributed by atoms with Gasteiger partial charge in [0.1, 0.15) is 18.1 Å². The SMILES string of the molecule is C#CCOc1ccc(CCNC(=O)c2cc(S(=O)(=O)N3CCOCC3)ccc2OC)cc1. The van der Waals surface area contributed by atoms with E-state index in [4.69, 9.17) is 20.6 Å². The third kappa shape index (κ3) is 5.79. The number of nitrogens with one attached hydrogen (secondary N) is 1. The molecule has 0 aliphatic carbocycles. The molecule has 1 fully saturated rings. The maximum absolute atomic E-state index is 12.9. The molecule has 2 aromatic carbocycles. The second-order valence-corrected chi connectivity index (χ2v) is 8.96. The van der Waals surface area contributed by atoms with E-state index in [0.717, 1.165) is 5.56 Å². The van der Waals surface area contributed by atoms with Crippen LogP contribution in [0.4, 0.5) is 0 Å². The van der Waals surface area contributed by atoms with Gasteiger partial charge in [-0.05, 0) is 42.3 Å². The van der Waals surface area contributed by atoms with Gasteiger partial charge in [0, 0.05) is 19.6 Å². The van der Waals surface area contributed by atoms with Crippen LogP contribution in [-0.2, 0) is 21.2 Å². The summed E-state index contributed by atoms with van der Waals surface area (Å²) in [5.41, 5.74) is 1.17. The molecule has 1 amide bonds. The molecule has 32 heavy (non-hydrogen) atoms. The number of terminal acetylenes is 1. The van der Waals surface area contributed by atoms with Gasteiger partial charge in [-0.25, -0.2) is 8.42 Å². The smallest absolute Gasteiger partial charge is 0.255 e. The molecule has 170 valence electrons. The molecule has 1 aliphatic heterocycles. The quantitative estimate of drug-likeness (QED) is 0.575. The Bertz CT molecular complexity index is 1070. The van der Waals surface area contributed by atoms with Crippen molar-refractivity contribution >= 4 is 15.9 Å². The molecule has 2 aromatic rings. The second-order valence-electron chi connectivity index (χ2n) is 7.02. The lowest BCUT2D eigenvalue weighted by Gasteiger charge is -2.26. The Hall–Kier alpha value is -3.06. The van der Waals surface area contributed by atoms with Gasteiger partial charge in [-0.1, -0.05) is 18.1 Å². The molecule has 0 unspecified atom stereocenters. The van der Waals surface area contributed by atoms with Crippen molar-refractivity contribution in [3.05, 3.63) is 53.6 Å². The van der Waals surface area contributed by atoms with Crippen molar-refractivity contribution < 1.29 is 27.4 Å². The lowest BCUT2D eigenvalue weighted by molar-refractivity contribution is 0.0730. The lowest BCUT2D eigenvalue weighted by atomic mass is 10.1. The summed E-state index contributed by atoms with van der Waals surface area (Å²) in [5.74, 6) is 2.98. The van der Waals surface area contributed by atoms with E-state index in [1.807, 2.05) is 24.3 Å². The average molecular weight is 459 g/mol. The van der Waals surface area contributed by atoms with Crippen LogP contribution in [0.2, 0.25) is 0 Å². The number of hydrogen-bond acceptors (Lipinski definition) is 6. The summed E-state index contributed by atoms with van der Waals surface area (Å²) in [6.45, 7) is 1.83. The Morgan fingerprint density at radius 3 is 2.56 bits per heavy atom. The molecule has 0 aromatic heterocycles. The first kappa shape index (κ1) is 23.6. The third-order valence-corrected chi connectivity index (χ3v) is 6.86. The fraction of sp³-hybridized carbons (Fsp3) is 0.348. The molecule has 1 saturated heterocycles. The van der Waals surface area contributed by atoms with E-state index in [9.17, 15) is 13.2 Å². The first-order valence-corrected chi connectivity index (χ1v) is 11.6. The minimum Gasteiger partial charge on any atom is -0.496 e. The van der Waals surface area contributed by atoms with E-state index in [2.05, 4.69) is 11.2 Å². The molecule has 0 saturated carbocycles. The van der Waals surface area contributed by atoms with Crippen molar-refractivity contribution in [3.8, 4) is 23.8 Å². The van der Waals surface area contributed by atoms with Crippen molar-refractivity contribution in [1.82, 2.24) is 9.62 Å². The number of hydrogen-bond donors (Lipinski definition) is 1. The maximum Gasteiger partial charge on any atom is 0.255 e. The molecular formula is C23H26N2O6S. The van der Waals surface area contributed by atoms with Crippen LogP contribution in [0.15, 0.2) is 47.4 Å².